The molecule has 0 bridgehead atoms. The van der Waals surface area contributed by atoms with Gasteiger partial charge in [-0.3, -0.25) is 14.8 Å². The van der Waals surface area contributed by atoms with Crippen LogP contribution in [0.2, 0.25) is 0 Å². The summed E-state index contributed by atoms with van der Waals surface area (Å²) in [5.74, 6) is 0.660. The minimum atomic E-state index is -0.148. The number of rotatable bonds is 6. The first kappa shape index (κ1) is 17.2. The minimum absolute atomic E-state index is 0.148. The van der Waals surface area contributed by atoms with Crippen LogP contribution >= 0.6 is 0 Å². The topological polar surface area (TPSA) is 87.0 Å². The van der Waals surface area contributed by atoms with Gasteiger partial charge in [-0.05, 0) is 30.9 Å². The molecule has 1 aromatic heterocycles. The summed E-state index contributed by atoms with van der Waals surface area (Å²) in [6.45, 7) is 3.73. The van der Waals surface area contributed by atoms with E-state index in [-0.39, 0.29) is 5.91 Å². The minimum Gasteiger partial charge on any atom is -0.382 e. The quantitative estimate of drug-likeness (QED) is 0.752. The molecule has 0 aliphatic carbocycles. The standard InChI is InChI=1S/C19H25N5O/c20-18-12-17(22-23-18)19(25)21-13-16-9-5-11-24(14-16)10-4-8-15-6-2-1-3-7-15/h1-4,6-8,12,16H,5,9-11,13-14H2,(H,21,25)(H3,20,22,23). The Hall–Kier alpha value is -2.60. The number of aromatic amines is 1. The summed E-state index contributed by atoms with van der Waals surface area (Å²) in [4.78, 5) is 14.5. The molecule has 25 heavy (non-hydrogen) atoms. The van der Waals surface area contributed by atoms with Crippen LogP contribution in [0.5, 0.6) is 0 Å². The van der Waals surface area contributed by atoms with Crippen molar-refractivity contribution in [3.05, 3.63) is 53.7 Å². The molecule has 6 nitrogen and oxygen atoms in total. The molecule has 1 atom stereocenters. The van der Waals surface area contributed by atoms with Crippen molar-refractivity contribution in [3.63, 3.8) is 0 Å². The van der Waals surface area contributed by atoms with Gasteiger partial charge in [-0.2, -0.15) is 5.10 Å². The second-order valence-corrected chi connectivity index (χ2v) is 6.50. The lowest BCUT2D eigenvalue weighted by Crippen LogP contribution is -2.41. The highest BCUT2D eigenvalue weighted by molar-refractivity contribution is 5.92. The Labute approximate surface area is 148 Å². The first-order chi connectivity index (χ1) is 12.2. The van der Waals surface area contributed by atoms with E-state index in [2.05, 4.69) is 44.7 Å². The first-order valence-electron chi connectivity index (χ1n) is 8.74. The summed E-state index contributed by atoms with van der Waals surface area (Å²) in [7, 11) is 0. The maximum Gasteiger partial charge on any atom is 0.269 e. The summed E-state index contributed by atoms with van der Waals surface area (Å²) < 4.78 is 0. The van der Waals surface area contributed by atoms with Crippen LogP contribution in [0.1, 0.15) is 28.9 Å². The zero-order valence-corrected chi connectivity index (χ0v) is 14.3. The highest BCUT2D eigenvalue weighted by atomic mass is 16.1. The Balaban J connectivity index is 1.43. The van der Waals surface area contributed by atoms with E-state index in [4.69, 9.17) is 5.73 Å². The summed E-state index contributed by atoms with van der Waals surface area (Å²) >= 11 is 0. The highest BCUT2D eigenvalue weighted by Gasteiger charge is 2.20. The third-order valence-electron chi connectivity index (χ3n) is 4.47. The maximum absolute atomic E-state index is 12.0. The van der Waals surface area contributed by atoms with Crippen molar-refractivity contribution in [1.29, 1.82) is 0 Å². The summed E-state index contributed by atoms with van der Waals surface area (Å²) in [6, 6.07) is 11.9. The van der Waals surface area contributed by atoms with Crippen LogP contribution in [-0.2, 0) is 0 Å². The van der Waals surface area contributed by atoms with Gasteiger partial charge in [0.2, 0.25) is 0 Å². The van der Waals surface area contributed by atoms with Gasteiger partial charge >= 0.3 is 0 Å². The molecule has 0 spiro atoms. The molecule has 1 fully saturated rings. The molecule has 1 unspecified atom stereocenters. The van der Waals surface area contributed by atoms with E-state index in [0.29, 0.717) is 24.0 Å². The Kier molecular flexibility index (Phi) is 5.85. The molecule has 3 rings (SSSR count). The number of aromatic nitrogens is 2. The maximum atomic E-state index is 12.0. The fourth-order valence-corrected chi connectivity index (χ4v) is 3.17. The first-order valence-corrected chi connectivity index (χ1v) is 8.74. The van der Waals surface area contributed by atoms with Crippen molar-refractivity contribution in [3.8, 4) is 0 Å². The predicted molar refractivity (Wildman–Crippen MR) is 100.0 cm³/mol. The number of hydrogen-bond donors (Lipinski definition) is 3. The van der Waals surface area contributed by atoms with Crippen LogP contribution in [-0.4, -0.2) is 47.2 Å². The van der Waals surface area contributed by atoms with Gasteiger partial charge in [0.05, 0.1) is 0 Å². The van der Waals surface area contributed by atoms with Crippen LogP contribution in [0.15, 0.2) is 42.5 Å². The lowest BCUT2D eigenvalue weighted by Gasteiger charge is -2.32. The number of anilines is 1. The number of carbonyl (C=O) groups excluding carboxylic acids is 1. The Bertz CT molecular complexity index is 710. The fraction of sp³-hybridized carbons (Fsp3) is 0.368. The summed E-state index contributed by atoms with van der Waals surface area (Å²) in [5.41, 5.74) is 7.16. The summed E-state index contributed by atoms with van der Waals surface area (Å²) in [6.07, 6.45) is 6.68. The molecule has 132 valence electrons. The van der Waals surface area contributed by atoms with Gasteiger partial charge in [-0.1, -0.05) is 42.5 Å². The molecular formula is C19H25N5O. The number of piperidine rings is 1. The van der Waals surface area contributed by atoms with E-state index in [1.165, 1.54) is 5.56 Å². The average Bonchev–Trinajstić information content (AvgIpc) is 3.07. The number of nitrogens with one attached hydrogen (secondary N) is 2. The fourth-order valence-electron chi connectivity index (χ4n) is 3.17. The number of H-pyrrole nitrogens is 1. The number of hydrogen-bond acceptors (Lipinski definition) is 4. The van der Waals surface area contributed by atoms with Crippen LogP contribution in [0.25, 0.3) is 6.08 Å². The van der Waals surface area contributed by atoms with Gasteiger partial charge in [-0.15, -0.1) is 0 Å². The predicted octanol–water partition coefficient (Wildman–Crippen LogP) is 2.15. The Morgan fingerprint density at radius 2 is 2.24 bits per heavy atom. The van der Waals surface area contributed by atoms with Crippen LogP contribution < -0.4 is 11.1 Å². The zero-order chi connectivity index (χ0) is 17.5. The molecule has 1 amide bonds. The van der Waals surface area contributed by atoms with Gasteiger partial charge < -0.3 is 11.1 Å². The molecule has 1 saturated heterocycles. The van der Waals surface area contributed by atoms with Gasteiger partial charge in [-0.25, -0.2) is 0 Å². The smallest absolute Gasteiger partial charge is 0.269 e. The number of carbonyl (C=O) groups is 1. The molecular weight excluding hydrogens is 314 g/mol. The van der Waals surface area contributed by atoms with Crippen molar-refractivity contribution in [2.75, 3.05) is 31.9 Å². The molecule has 2 aromatic rings. The van der Waals surface area contributed by atoms with E-state index >= 15 is 0 Å². The lowest BCUT2D eigenvalue weighted by molar-refractivity contribution is 0.0930. The second-order valence-electron chi connectivity index (χ2n) is 6.50. The zero-order valence-electron chi connectivity index (χ0n) is 14.3. The van der Waals surface area contributed by atoms with E-state index < -0.39 is 0 Å². The van der Waals surface area contributed by atoms with Gasteiger partial charge in [0.1, 0.15) is 11.5 Å². The molecule has 4 N–H and O–H groups in total. The van der Waals surface area contributed by atoms with Crippen molar-refractivity contribution in [2.45, 2.75) is 12.8 Å². The van der Waals surface area contributed by atoms with Crippen molar-refractivity contribution in [2.24, 2.45) is 5.92 Å². The number of benzene rings is 1. The third kappa shape index (κ3) is 5.19. The van der Waals surface area contributed by atoms with E-state index in [9.17, 15) is 4.79 Å². The number of likely N-dealkylation sites (tertiary alicyclic amines) is 1. The number of amides is 1. The molecule has 1 aliphatic heterocycles. The third-order valence-corrected chi connectivity index (χ3v) is 4.47. The van der Waals surface area contributed by atoms with Crippen molar-refractivity contribution >= 4 is 17.8 Å². The SMILES string of the molecule is Nc1cc(C(=O)NCC2CCCN(CC=Cc3ccccc3)C2)[nH]n1. The molecule has 0 saturated carbocycles. The Morgan fingerprint density at radius 3 is 3.00 bits per heavy atom. The number of nitrogens with two attached hydrogens (primary N) is 1. The van der Waals surface area contributed by atoms with Gasteiger partial charge in [0.25, 0.3) is 5.91 Å². The van der Waals surface area contributed by atoms with E-state index in [0.717, 1.165) is 32.5 Å². The van der Waals surface area contributed by atoms with Crippen LogP contribution in [0.3, 0.4) is 0 Å². The largest absolute Gasteiger partial charge is 0.382 e. The molecule has 0 radical (unpaired) electrons. The van der Waals surface area contributed by atoms with Gasteiger partial charge in [0, 0.05) is 25.7 Å². The highest BCUT2D eigenvalue weighted by Crippen LogP contribution is 2.16. The Morgan fingerprint density at radius 1 is 1.40 bits per heavy atom. The van der Waals surface area contributed by atoms with E-state index in [1.54, 1.807) is 6.07 Å². The monoisotopic (exact) mass is 339 g/mol. The lowest BCUT2D eigenvalue weighted by atomic mass is 9.98. The average molecular weight is 339 g/mol. The van der Waals surface area contributed by atoms with Gasteiger partial charge in [0.15, 0.2) is 0 Å². The van der Waals surface area contributed by atoms with Crippen molar-refractivity contribution in [1.82, 2.24) is 20.4 Å². The molecule has 1 aliphatic rings. The van der Waals surface area contributed by atoms with Crippen LogP contribution in [0, 0.1) is 5.92 Å². The molecule has 1 aromatic carbocycles. The summed E-state index contributed by atoms with van der Waals surface area (Å²) in [5, 5.41) is 9.39. The second kappa shape index (κ2) is 8.48. The molecule has 2 heterocycles. The number of nitrogens with zero attached hydrogens (tertiary/aromatic N) is 2. The van der Waals surface area contributed by atoms with Crippen molar-refractivity contribution < 1.29 is 4.79 Å². The van der Waals surface area contributed by atoms with Crippen LogP contribution in [0.4, 0.5) is 5.82 Å². The molecule has 6 heteroatoms. The van der Waals surface area contributed by atoms with E-state index in [1.807, 2.05) is 18.2 Å². The number of nitrogen functional groups attached to an aromatic ring is 1. The normalized spacial score (nSPS) is 18.5.